The summed E-state index contributed by atoms with van der Waals surface area (Å²) in [5.41, 5.74) is 0.710. The summed E-state index contributed by atoms with van der Waals surface area (Å²) in [4.78, 5) is 21.5. The Morgan fingerprint density at radius 1 is 1.44 bits per heavy atom. The standard InChI is InChI=1S/C12H12ClNO4/c1-18-10-3-2-9(13)6-8(10)7-14-11(15)4-5-12(16)17/h2-6H,7H2,1H3,(H,14,15)(H,16,17)/b5-4+. The molecule has 0 fully saturated rings. The molecule has 0 unspecified atom stereocenters. The Morgan fingerprint density at radius 2 is 2.17 bits per heavy atom. The van der Waals surface area contributed by atoms with Gasteiger partial charge in [-0.2, -0.15) is 0 Å². The lowest BCUT2D eigenvalue weighted by Gasteiger charge is -2.09. The zero-order chi connectivity index (χ0) is 13.5. The van der Waals surface area contributed by atoms with Gasteiger partial charge in [-0.1, -0.05) is 11.6 Å². The van der Waals surface area contributed by atoms with Crippen LogP contribution in [0.15, 0.2) is 30.4 Å². The number of hydrogen-bond acceptors (Lipinski definition) is 3. The molecule has 0 saturated carbocycles. The maximum Gasteiger partial charge on any atom is 0.328 e. The molecule has 1 amide bonds. The zero-order valence-electron chi connectivity index (χ0n) is 9.64. The fourth-order valence-corrected chi connectivity index (χ4v) is 1.47. The van der Waals surface area contributed by atoms with Crippen molar-refractivity contribution < 1.29 is 19.4 Å². The minimum absolute atomic E-state index is 0.201. The van der Waals surface area contributed by atoms with Crippen molar-refractivity contribution in [2.24, 2.45) is 0 Å². The Labute approximate surface area is 109 Å². The van der Waals surface area contributed by atoms with Crippen molar-refractivity contribution in [3.05, 3.63) is 40.9 Å². The fourth-order valence-electron chi connectivity index (χ4n) is 1.27. The number of nitrogens with one attached hydrogen (secondary N) is 1. The van der Waals surface area contributed by atoms with E-state index in [0.717, 1.165) is 12.2 Å². The second-order valence-corrected chi connectivity index (χ2v) is 3.78. The smallest absolute Gasteiger partial charge is 0.328 e. The lowest BCUT2D eigenvalue weighted by Crippen LogP contribution is -2.21. The Hall–Kier alpha value is -2.01. The van der Waals surface area contributed by atoms with E-state index in [1.807, 2.05) is 0 Å². The van der Waals surface area contributed by atoms with Gasteiger partial charge in [0.1, 0.15) is 5.75 Å². The van der Waals surface area contributed by atoms with Gasteiger partial charge in [0, 0.05) is 29.3 Å². The number of carboxylic acid groups (broad SMARTS) is 1. The predicted molar refractivity (Wildman–Crippen MR) is 66.6 cm³/mol. The van der Waals surface area contributed by atoms with Crippen LogP contribution in [-0.4, -0.2) is 24.1 Å². The van der Waals surface area contributed by atoms with Gasteiger partial charge in [0.2, 0.25) is 5.91 Å². The van der Waals surface area contributed by atoms with Crippen LogP contribution in [-0.2, 0) is 16.1 Å². The number of rotatable bonds is 5. The normalized spacial score (nSPS) is 10.3. The van der Waals surface area contributed by atoms with Gasteiger partial charge >= 0.3 is 5.97 Å². The van der Waals surface area contributed by atoms with Crippen LogP contribution < -0.4 is 10.1 Å². The highest BCUT2D eigenvalue weighted by molar-refractivity contribution is 6.30. The number of carbonyl (C=O) groups is 2. The van der Waals surface area contributed by atoms with Crippen LogP contribution in [0.25, 0.3) is 0 Å². The molecule has 1 aromatic carbocycles. The molecule has 0 heterocycles. The molecule has 5 nitrogen and oxygen atoms in total. The number of amides is 1. The molecule has 0 aromatic heterocycles. The average Bonchev–Trinajstić information content (AvgIpc) is 2.34. The van der Waals surface area contributed by atoms with Gasteiger partial charge in [0.15, 0.2) is 0 Å². The maximum atomic E-state index is 11.3. The Bertz CT molecular complexity index is 485. The topological polar surface area (TPSA) is 75.6 Å². The lowest BCUT2D eigenvalue weighted by molar-refractivity contribution is -0.131. The molecule has 0 aliphatic rings. The SMILES string of the molecule is COc1ccc(Cl)cc1CNC(=O)/C=C/C(=O)O. The minimum atomic E-state index is -1.18. The Balaban J connectivity index is 2.65. The van der Waals surface area contributed by atoms with E-state index >= 15 is 0 Å². The van der Waals surface area contributed by atoms with E-state index in [-0.39, 0.29) is 6.54 Å². The summed E-state index contributed by atoms with van der Waals surface area (Å²) < 4.78 is 5.11. The summed E-state index contributed by atoms with van der Waals surface area (Å²) >= 11 is 5.83. The third-order valence-corrected chi connectivity index (χ3v) is 2.31. The lowest BCUT2D eigenvalue weighted by atomic mass is 10.2. The fraction of sp³-hybridized carbons (Fsp3) is 0.167. The molecule has 0 saturated heterocycles. The summed E-state index contributed by atoms with van der Waals surface area (Å²) in [6.07, 6.45) is 1.71. The van der Waals surface area contributed by atoms with E-state index in [2.05, 4.69) is 5.32 Å². The van der Waals surface area contributed by atoms with Crippen LogP contribution in [0.3, 0.4) is 0 Å². The molecule has 0 aliphatic carbocycles. The van der Waals surface area contributed by atoms with Gasteiger partial charge in [0.05, 0.1) is 7.11 Å². The molecule has 0 aliphatic heterocycles. The summed E-state index contributed by atoms with van der Waals surface area (Å²) in [5, 5.41) is 11.4. The van der Waals surface area contributed by atoms with E-state index in [1.54, 1.807) is 18.2 Å². The van der Waals surface area contributed by atoms with Crippen LogP contribution >= 0.6 is 11.6 Å². The molecule has 0 spiro atoms. The number of benzene rings is 1. The van der Waals surface area contributed by atoms with Gasteiger partial charge < -0.3 is 15.2 Å². The summed E-state index contributed by atoms with van der Waals surface area (Å²) in [5.74, 6) is -1.08. The van der Waals surface area contributed by atoms with Crippen LogP contribution in [0.2, 0.25) is 5.02 Å². The third kappa shape index (κ3) is 4.47. The first-order chi connectivity index (χ1) is 8.52. The highest BCUT2D eigenvalue weighted by atomic mass is 35.5. The van der Waals surface area contributed by atoms with Crippen LogP contribution in [0.1, 0.15) is 5.56 Å². The Morgan fingerprint density at radius 3 is 2.78 bits per heavy atom. The first-order valence-corrected chi connectivity index (χ1v) is 5.42. The largest absolute Gasteiger partial charge is 0.496 e. The average molecular weight is 270 g/mol. The second kappa shape index (κ2) is 6.66. The molecule has 1 aromatic rings. The number of carbonyl (C=O) groups excluding carboxylic acids is 1. The number of methoxy groups -OCH3 is 1. The predicted octanol–water partition coefficient (Wildman–Crippen LogP) is 1.61. The first-order valence-electron chi connectivity index (χ1n) is 5.04. The molecule has 0 atom stereocenters. The number of halogens is 1. The highest BCUT2D eigenvalue weighted by Crippen LogP contribution is 2.22. The number of aliphatic carboxylic acids is 1. The molecular formula is C12H12ClNO4. The first kappa shape index (κ1) is 14.1. The molecule has 6 heteroatoms. The third-order valence-electron chi connectivity index (χ3n) is 2.07. The molecule has 0 bridgehead atoms. The van der Waals surface area contributed by atoms with E-state index in [4.69, 9.17) is 21.4 Å². The number of ether oxygens (including phenoxy) is 1. The highest BCUT2D eigenvalue weighted by Gasteiger charge is 2.05. The van der Waals surface area contributed by atoms with Crippen LogP contribution in [0, 0.1) is 0 Å². The molecule has 2 N–H and O–H groups in total. The van der Waals surface area contributed by atoms with Crippen molar-refractivity contribution in [3.63, 3.8) is 0 Å². The molecular weight excluding hydrogens is 258 g/mol. The van der Waals surface area contributed by atoms with Crippen molar-refractivity contribution in [2.45, 2.75) is 6.54 Å². The maximum absolute atomic E-state index is 11.3. The van der Waals surface area contributed by atoms with E-state index in [1.165, 1.54) is 7.11 Å². The summed E-state index contributed by atoms with van der Waals surface area (Å²) in [6, 6.07) is 5.04. The molecule has 18 heavy (non-hydrogen) atoms. The van der Waals surface area contributed by atoms with E-state index < -0.39 is 11.9 Å². The van der Waals surface area contributed by atoms with Crippen molar-refractivity contribution >= 4 is 23.5 Å². The van der Waals surface area contributed by atoms with E-state index in [0.29, 0.717) is 16.3 Å². The number of carboxylic acids is 1. The van der Waals surface area contributed by atoms with Gasteiger partial charge in [-0.3, -0.25) is 4.79 Å². The number of hydrogen-bond donors (Lipinski definition) is 2. The van der Waals surface area contributed by atoms with Gasteiger partial charge in [-0.25, -0.2) is 4.79 Å². The monoisotopic (exact) mass is 269 g/mol. The molecule has 96 valence electrons. The molecule has 1 rings (SSSR count). The molecule has 0 radical (unpaired) electrons. The minimum Gasteiger partial charge on any atom is -0.496 e. The zero-order valence-corrected chi connectivity index (χ0v) is 10.4. The second-order valence-electron chi connectivity index (χ2n) is 3.35. The van der Waals surface area contributed by atoms with Crippen molar-refractivity contribution in [1.82, 2.24) is 5.32 Å². The van der Waals surface area contributed by atoms with Crippen molar-refractivity contribution in [2.75, 3.05) is 7.11 Å². The van der Waals surface area contributed by atoms with Gasteiger partial charge in [-0.15, -0.1) is 0 Å². The Kier molecular flexibility index (Phi) is 5.20. The van der Waals surface area contributed by atoms with Crippen LogP contribution in [0.5, 0.6) is 5.75 Å². The van der Waals surface area contributed by atoms with Crippen molar-refractivity contribution in [1.29, 1.82) is 0 Å². The van der Waals surface area contributed by atoms with Gasteiger partial charge in [0.25, 0.3) is 0 Å². The summed E-state index contributed by atoms with van der Waals surface area (Å²) in [7, 11) is 1.51. The van der Waals surface area contributed by atoms with Crippen LogP contribution in [0.4, 0.5) is 0 Å². The van der Waals surface area contributed by atoms with Crippen molar-refractivity contribution in [3.8, 4) is 5.75 Å². The van der Waals surface area contributed by atoms with E-state index in [9.17, 15) is 9.59 Å². The van der Waals surface area contributed by atoms with Gasteiger partial charge in [-0.05, 0) is 18.2 Å². The quantitative estimate of drug-likeness (QED) is 0.796. The summed E-state index contributed by atoms with van der Waals surface area (Å²) in [6.45, 7) is 0.201.